The quantitative estimate of drug-likeness (QED) is 0.798. The van der Waals surface area contributed by atoms with Crippen LogP contribution in [0.5, 0.6) is 0 Å². The van der Waals surface area contributed by atoms with E-state index in [1.807, 2.05) is 0 Å². The minimum atomic E-state index is 0.192. The minimum Gasteiger partial charge on any atom is -0.394 e. The lowest BCUT2D eigenvalue weighted by Gasteiger charge is -2.57. The van der Waals surface area contributed by atoms with E-state index in [2.05, 4.69) is 4.90 Å². The van der Waals surface area contributed by atoms with E-state index in [-0.39, 0.29) is 5.54 Å². The lowest BCUT2D eigenvalue weighted by Crippen LogP contribution is -2.65. The maximum atomic E-state index is 9.75. The van der Waals surface area contributed by atoms with Crippen molar-refractivity contribution in [2.45, 2.75) is 69.7 Å². The summed E-state index contributed by atoms with van der Waals surface area (Å²) in [5.41, 5.74) is 0.846. The van der Waals surface area contributed by atoms with Crippen LogP contribution >= 0.6 is 0 Å². The largest absolute Gasteiger partial charge is 0.394 e. The number of aliphatic hydroxyl groups is 1. The van der Waals surface area contributed by atoms with Crippen LogP contribution in [0.4, 0.5) is 0 Å². The van der Waals surface area contributed by atoms with Crippen molar-refractivity contribution in [2.24, 2.45) is 5.41 Å². The molecule has 0 atom stereocenters. The first-order chi connectivity index (χ1) is 8.29. The Hall–Kier alpha value is -0.0800. The molecule has 2 nitrogen and oxygen atoms in total. The Balaban J connectivity index is 1.62. The third-order valence-corrected chi connectivity index (χ3v) is 5.72. The number of aliphatic hydroxyl groups excluding tert-OH is 1. The van der Waals surface area contributed by atoms with Crippen molar-refractivity contribution >= 4 is 0 Å². The van der Waals surface area contributed by atoms with E-state index >= 15 is 0 Å². The van der Waals surface area contributed by atoms with Crippen LogP contribution in [-0.2, 0) is 0 Å². The second-order valence-electron chi connectivity index (χ2n) is 6.86. The molecule has 0 amide bonds. The van der Waals surface area contributed by atoms with Gasteiger partial charge in [-0.25, -0.2) is 0 Å². The van der Waals surface area contributed by atoms with Gasteiger partial charge in [0, 0.05) is 18.6 Å². The zero-order valence-corrected chi connectivity index (χ0v) is 11.1. The summed E-state index contributed by atoms with van der Waals surface area (Å²) in [5, 5.41) is 9.75. The topological polar surface area (TPSA) is 23.5 Å². The van der Waals surface area contributed by atoms with Gasteiger partial charge in [-0.2, -0.15) is 0 Å². The molecule has 98 valence electrons. The first kappa shape index (κ1) is 12.0. The Morgan fingerprint density at radius 2 is 1.29 bits per heavy atom. The SMILES string of the molecule is OCC1(N2CC3(CCCCCC3)C2)CCCC1. The second kappa shape index (κ2) is 4.55. The fraction of sp³-hybridized carbons (Fsp3) is 1.00. The first-order valence-electron chi connectivity index (χ1n) is 7.65. The summed E-state index contributed by atoms with van der Waals surface area (Å²) >= 11 is 0. The molecule has 1 N–H and O–H groups in total. The molecule has 1 heterocycles. The lowest BCUT2D eigenvalue weighted by atomic mass is 9.71. The average Bonchev–Trinajstić information content (AvgIpc) is 2.64. The van der Waals surface area contributed by atoms with Crippen molar-refractivity contribution < 1.29 is 5.11 Å². The molecule has 3 aliphatic rings. The number of nitrogens with zero attached hydrogens (tertiary/aromatic N) is 1. The summed E-state index contributed by atoms with van der Waals surface area (Å²) in [7, 11) is 0. The maximum absolute atomic E-state index is 9.75. The van der Waals surface area contributed by atoms with Crippen molar-refractivity contribution in [1.82, 2.24) is 4.90 Å². The van der Waals surface area contributed by atoms with Gasteiger partial charge in [-0.3, -0.25) is 4.90 Å². The van der Waals surface area contributed by atoms with Crippen LogP contribution < -0.4 is 0 Å². The van der Waals surface area contributed by atoms with Crippen LogP contribution in [0.1, 0.15) is 64.2 Å². The molecule has 3 fully saturated rings. The fourth-order valence-corrected chi connectivity index (χ4v) is 4.50. The van der Waals surface area contributed by atoms with Crippen molar-refractivity contribution in [1.29, 1.82) is 0 Å². The molecule has 1 saturated heterocycles. The predicted octanol–water partition coefficient (Wildman–Crippen LogP) is 2.95. The highest BCUT2D eigenvalue weighted by Gasteiger charge is 2.51. The number of hydrogen-bond acceptors (Lipinski definition) is 2. The van der Waals surface area contributed by atoms with Gasteiger partial charge < -0.3 is 5.11 Å². The smallest absolute Gasteiger partial charge is 0.0615 e. The molecule has 0 unspecified atom stereocenters. The Kier molecular flexibility index (Phi) is 3.20. The van der Waals surface area contributed by atoms with Gasteiger partial charge in [0.1, 0.15) is 0 Å². The molecule has 0 aromatic heterocycles. The third kappa shape index (κ3) is 2.04. The van der Waals surface area contributed by atoms with E-state index in [0.29, 0.717) is 12.0 Å². The van der Waals surface area contributed by atoms with Crippen LogP contribution in [0, 0.1) is 5.41 Å². The molecular formula is C15H27NO. The normalized spacial score (nSPS) is 32.3. The predicted molar refractivity (Wildman–Crippen MR) is 70.0 cm³/mol. The standard InChI is InChI=1S/C15H27NO/c17-13-15(9-5-6-10-15)16-11-14(12-16)7-3-1-2-4-8-14/h17H,1-13H2. The zero-order valence-electron chi connectivity index (χ0n) is 11.1. The van der Waals surface area contributed by atoms with Gasteiger partial charge in [-0.05, 0) is 31.1 Å². The van der Waals surface area contributed by atoms with E-state index in [4.69, 9.17) is 0 Å². The molecule has 0 radical (unpaired) electrons. The van der Waals surface area contributed by atoms with Crippen molar-refractivity contribution in [3.8, 4) is 0 Å². The van der Waals surface area contributed by atoms with Gasteiger partial charge in [0.05, 0.1) is 6.61 Å². The number of hydrogen-bond donors (Lipinski definition) is 1. The molecule has 1 spiro atoms. The lowest BCUT2D eigenvalue weighted by molar-refractivity contribution is -0.102. The van der Waals surface area contributed by atoms with Crippen molar-refractivity contribution in [3.63, 3.8) is 0 Å². The summed E-state index contributed by atoms with van der Waals surface area (Å²) in [6.45, 7) is 2.96. The average molecular weight is 237 g/mol. The number of likely N-dealkylation sites (tertiary alicyclic amines) is 1. The third-order valence-electron chi connectivity index (χ3n) is 5.72. The molecule has 17 heavy (non-hydrogen) atoms. The van der Waals surface area contributed by atoms with Gasteiger partial charge in [-0.1, -0.05) is 38.5 Å². The van der Waals surface area contributed by atoms with Crippen LogP contribution in [0.2, 0.25) is 0 Å². The molecule has 2 saturated carbocycles. The summed E-state index contributed by atoms with van der Waals surface area (Å²) in [6, 6.07) is 0. The highest BCUT2D eigenvalue weighted by atomic mass is 16.3. The van der Waals surface area contributed by atoms with Crippen molar-refractivity contribution in [3.05, 3.63) is 0 Å². The highest BCUT2D eigenvalue weighted by Crippen LogP contribution is 2.48. The monoisotopic (exact) mass is 237 g/mol. The Bertz CT molecular complexity index is 254. The van der Waals surface area contributed by atoms with Gasteiger partial charge in [0.15, 0.2) is 0 Å². The van der Waals surface area contributed by atoms with Gasteiger partial charge in [-0.15, -0.1) is 0 Å². The molecule has 0 aromatic carbocycles. The minimum absolute atomic E-state index is 0.192. The summed E-state index contributed by atoms with van der Waals surface area (Å²) in [5.74, 6) is 0. The van der Waals surface area contributed by atoms with Crippen LogP contribution in [0.15, 0.2) is 0 Å². The first-order valence-corrected chi connectivity index (χ1v) is 7.65. The van der Waals surface area contributed by atoms with E-state index < -0.39 is 0 Å². The molecular weight excluding hydrogens is 210 g/mol. The second-order valence-corrected chi connectivity index (χ2v) is 6.86. The summed E-state index contributed by atoms with van der Waals surface area (Å²) in [4.78, 5) is 2.63. The number of rotatable bonds is 2. The van der Waals surface area contributed by atoms with E-state index in [1.165, 1.54) is 77.3 Å². The Labute approximate surface area is 105 Å². The molecule has 1 aliphatic heterocycles. The highest BCUT2D eigenvalue weighted by molar-refractivity contribution is 5.05. The molecule has 0 bridgehead atoms. The van der Waals surface area contributed by atoms with Crippen LogP contribution in [0.3, 0.4) is 0 Å². The molecule has 0 aromatic rings. The molecule has 3 rings (SSSR count). The van der Waals surface area contributed by atoms with Gasteiger partial charge in [0.25, 0.3) is 0 Å². The Morgan fingerprint density at radius 3 is 1.82 bits per heavy atom. The van der Waals surface area contributed by atoms with Crippen LogP contribution in [0.25, 0.3) is 0 Å². The summed E-state index contributed by atoms with van der Waals surface area (Å²) < 4.78 is 0. The van der Waals surface area contributed by atoms with Crippen molar-refractivity contribution in [2.75, 3.05) is 19.7 Å². The van der Waals surface area contributed by atoms with Gasteiger partial charge >= 0.3 is 0 Å². The van der Waals surface area contributed by atoms with E-state index in [9.17, 15) is 5.11 Å². The molecule has 2 heteroatoms. The van der Waals surface area contributed by atoms with Crippen LogP contribution in [-0.4, -0.2) is 35.2 Å². The zero-order chi connectivity index (χ0) is 11.8. The van der Waals surface area contributed by atoms with Gasteiger partial charge in [0.2, 0.25) is 0 Å². The van der Waals surface area contributed by atoms with E-state index in [1.54, 1.807) is 0 Å². The molecule has 2 aliphatic carbocycles. The summed E-state index contributed by atoms with van der Waals surface area (Å²) in [6.07, 6.45) is 13.8. The Morgan fingerprint density at radius 1 is 0.765 bits per heavy atom. The maximum Gasteiger partial charge on any atom is 0.0615 e. The fourth-order valence-electron chi connectivity index (χ4n) is 4.50. The van der Waals surface area contributed by atoms with E-state index in [0.717, 1.165) is 0 Å².